The Bertz CT molecular complexity index is 860. The molecule has 0 radical (unpaired) electrons. The van der Waals surface area contributed by atoms with Crippen LogP contribution in [-0.4, -0.2) is 35.2 Å². The number of carbonyl (C=O) groups is 1. The van der Waals surface area contributed by atoms with E-state index < -0.39 is 0 Å². The van der Waals surface area contributed by atoms with Crippen LogP contribution in [0.4, 0.5) is 0 Å². The van der Waals surface area contributed by atoms with Gasteiger partial charge in [0.2, 0.25) is 0 Å². The number of nitrogens with one attached hydrogen (secondary N) is 1. The Morgan fingerprint density at radius 2 is 2.09 bits per heavy atom. The van der Waals surface area contributed by atoms with Gasteiger partial charge in [-0.2, -0.15) is 5.10 Å². The summed E-state index contributed by atoms with van der Waals surface area (Å²) in [5.74, 6) is 0.533. The highest BCUT2D eigenvalue weighted by molar-refractivity contribution is 6.30. The fraction of sp³-hybridized carbons (Fsp3) is 0.176. The number of halogens is 1. The Kier molecular flexibility index (Phi) is 4.21. The lowest BCUT2D eigenvalue weighted by Gasteiger charge is -2.18. The average Bonchev–Trinajstić information content (AvgIpc) is 2.98. The molecule has 0 atom stereocenters. The molecular formula is C17H16ClN3O2. The fourth-order valence-corrected chi connectivity index (χ4v) is 2.70. The van der Waals surface area contributed by atoms with Crippen LogP contribution in [0.2, 0.25) is 5.02 Å². The molecule has 0 saturated carbocycles. The maximum Gasteiger partial charge on any atom is 0.275 e. The summed E-state index contributed by atoms with van der Waals surface area (Å²) in [6.07, 6.45) is 0. The minimum atomic E-state index is -0.163. The molecule has 118 valence electrons. The van der Waals surface area contributed by atoms with Crippen molar-refractivity contribution in [3.63, 3.8) is 0 Å². The van der Waals surface area contributed by atoms with E-state index in [1.807, 2.05) is 24.3 Å². The number of fused-ring (bicyclic) bond motifs is 1. The summed E-state index contributed by atoms with van der Waals surface area (Å²) >= 11 is 6.04. The maximum atomic E-state index is 12.7. The number of H-pyrrole nitrogens is 1. The van der Waals surface area contributed by atoms with E-state index in [-0.39, 0.29) is 5.91 Å². The first-order valence-corrected chi connectivity index (χ1v) is 7.49. The summed E-state index contributed by atoms with van der Waals surface area (Å²) in [7, 11) is 3.32. The van der Waals surface area contributed by atoms with E-state index in [9.17, 15) is 4.79 Å². The predicted molar refractivity (Wildman–Crippen MR) is 89.9 cm³/mol. The first-order chi connectivity index (χ1) is 11.1. The monoisotopic (exact) mass is 329 g/mol. The van der Waals surface area contributed by atoms with E-state index in [0.29, 0.717) is 23.0 Å². The number of ether oxygens (including phenoxy) is 1. The molecule has 6 heteroatoms. The number of benzene rings is 2. The first-order valence-electron chi connectivity index (χ1n) is 7.11. The molecular weight excluding hydrogens is 314 g/mol. The molecule has 0 fully saturated rings. The van der Waals surface area contributed by atoms with Crippen LogP contribution in [-0.2, 0) is 6.54 Å². The van der Waals surface area contributed by atoms with Crippen molar-refractivity contribution in [1.82, 2.24) is 15.1 Å². The number of rotatable bonds is 4. The summed E-state index contributed by atoms with van der Waals surface area (Å²) in [4.78, 5) is 14.3. The lowest BCUT2D eigenvalue weighted by molar-refractivity contribution is 0.0780. The summed E-state index contributed by atoms with van der Waals surface area (Å²) in [5.41, 5.74) is 2.09. The Hall–Kier alpha value is -2.53. The van der Waals surface area contributed by atoms with Crippen LogP contribution in [0.1, 0.15) is 16.1 Å². The summed E-state index contributed by atoms with van der Waals surface area (Å²) < 4.78 is 5.32. The van der Waals surface area contributed by atoms with E-state index in [4.69, 9.17) is 16.3 Å². The van der Waals surface area contributed by atoms with Gasteiger partial charge < -0.3 is 9.64 Å². The molecule has 3 rings (SSSR count). The molecule has 1 heterocycles. The van der Waals surface area contributed by atoms with Gasteiger partial charge in [-0.15, -0.1) is 0 Å². The molecule has 0 saturated heterocycles. The SMILES string of the molecule is COc1ccc(Cl)cc1CN(C)C(=O)c1n[nH]c2ccccc12. The largest absolute Gasteiger partial charge is 0.496 e. The van der Waals surface area contributed by atoms with Gasteiger partial charge in [-0.25, -0.2) is 0 Å². The average molecular weight is 330 g/mol. The number of hydrogen-bond donors (Lipinski definition) is 1. The number of amides is 1. The van der Waals surface area contributed by atoms with Crippen molar-refractivity contribution < 1.29 is 9.53 Å². The standard InChI is InChI=1S/C17H16ClN3O2/c1-21(10-11-9-12(18)7-8-15(11)23-2)17(22)16-13-5-3-4-6-14(13)19-20-16/h3-9H,10H2,1-2H3,(H,19,20). The fourth-order valence-electron chi connectivity index (χ4n) is 2.51. The lowest BCUT2D eigenvalue weighted by Crippen LogP contribution is -2.27. The summed E-state index contributed by atoms with van der Waals surface area (Å²) in [6.45, 7) is 0.379. The van der Waals surface area contributed by atoms with E-state index in [1.165, 1.54) is 0 Å². The Labute approximate surface area is 138 Å². The maximum absolute atomic E-state index is 12.7. The lowest BCUT2D eigenvalue weighted by atomic mass is 10.1. The van der Waals surface area contributed by atoms with Gasteiger partial charge in [-0.3, -0.25) is 9.89 Å². The van der Waals surface area contributed by atoms with Gasteiger partial charge in [-0.1, -0.05) is 29.8 Å². The third kappa shape index (κ3) is 3.00. The van der Waals surface area contributed by atoms with Gasteiger partial charge in [0, 0.05) is 29.6 Å². The van der Waals surface area contributed by atoms with Crippen LogP contribution in [0.25, 0.3) is 10.9 Å². The third-order valence-corrected chi connectivity index (χ3v) is 3.90. The molecule has 3 aromatic rings. The quantitative estimate of drug-likeness (QED) is 0.797. The highest BCUT2D eigenvalue weighted by Crippen LogP contribution is 2.24. The second-order valence-electron chi connectivity index (χ2n) is 5.24. The van der Waals surface area contributed by atoms with Crippen LogP contribution < -0.4 is 4.74 Å². The summed E-state index contributed by atoms with van der Waals surface area (Å²) in [5, 5.41) is 8.43. The number of aromatic nitrogens is 2. The molecule has 2 aromatic carbocycles. The van der Waals surface area contributed by atoms with E-state index >= 15 is 0 Å². The predicted octanol–water partition coefficient (Wildman–Crippen LogP) is 3.50. The van der Waals surface area contributed by atoms with Crippen LogP contribution in [0.3, 0.4) is 0 Å². The molecule has 0 bridgehead atoms. The van der Waals surface area contributed by atoms with Crippen molar-refractivity contribution in [2.24, 2.45) is 0 Å². The van der Waals surface area contributed by atoms with Gasteiger partial charge >= 0.3 is 0 Å². The van der Waals surface area contributed by atoms with E-state index in [1.54, 1.807) is 37.3 Å². The molecule has 0 unspecified atom stereocenters. The second kappa shape index (κ2) is 6.30. The number of aromatic amines is 1. The number of nitrogens with zero attached hydrogens (tertiary/aromatic N) is 2. The molecule has 1 amide bonds. The Morgan fingerprint density at radius 3 is 2.87 bits per heavy atom. The Morgan fingerprint density at radius 1 is 1.30 bits per heavy atom. The minimum absolute atomic E-state index is 0.163. The zero-order chi connectivity index (χ0) is 16.4. The molecule has 1 N–H and O–H groups in total. The third-order valence-electron chi connectivity index (χ3n) is 3.67. The van der Waals surface area contributed by atoms with Crippen LogP contribution in [0, 0.1) is 0 Å². The van der Waals surface area contributed by atoms with E-state index in [2.05, 4.69) is 10.2 Å². The normalized spacial score (nSPS) is 10.7. The molecule has 5 nitrogen and oxygen atoms in total. The van der Waals surface area contributed by atoms with E-state index in [0.717, 1.165) is 16.5 Å². The first kappa shape index (κ1) is 15.4. The van der Waals surface area contributed by atoms with Crippen molar-refractivity contribution >= 4 is 28.4 Å². The topological polar surface area (TPSA) is 58.2 Å². The molecule has 0 aliphatic rings. The van der Waals surface area contributed by atoms with Crippen molar-refractivity contribution in [3.8, 4) is 5.75 Å². The van der Waals surface area contributed by atoms with Crippen molar-refractivity contribution in [1.29, 1.82) is 0 Å². The smallest absolute Gasteiger partial charge is 0.275 e. The molecule has 23 heavy (non-hydrogen) atoms. The summed E-state index contributed by atoms with van der Waals surface area (Å²) in [6, 6.07) is 12.9. The van der Waals surface area contributed by atoms with Crippen molar-refractivity contribution in [3.05, 3.63) is 58.7 Å². The second-order valence-corrected chi connectivity index (χ2v) is 5.67. The van der Waals surface area contributed by atoms with Crippen molar-refractivity contribution in [2.75, 3.05) is 14.2 Å². The number of methoxy groups -OCH3 is 1. The van der Waals surface area contributed by atoms with Crippen LogP contribution in [0.15, 0.2) is 42.5 Å². The van der Waals surface area contributed by atoms with Crippen molar-refractivity contribution in [2.45, 2.75) is 6.54 Å². The molecule has 1 aromatic heterocycles. The van der Waals surface area contributed by atoms with Gasteiger partial charge in [0.1, 0.15) is 5.75 Å². The highest BCUT2D eigenvalue weighted by atomic mass is 35.5. The van der Waals surface area contributed by atoms with Gasteiger partial charge in [0.25, 0.3) is 5.91 Å². The number of para-hydroxylation sites is 1. The molecule has 0 aliphatic carbocycles. The Balaban J connectivity index is 1.87. The van der Waals surface area contributed by atoms with Crippen LogP contribution >= 0.6 is 11.6 Å². The van der Waals surface area contributed by atoms with Gasteiger partial charge in [0.15, 0.2) is 5.69 Å². The number of carbonyl (C=O) groups excluding carboxylic acids is 1. The molecule has 0 aliphatic heterocycles. The number of hydrogen-bond acceptors (Lipinski definition) is 3. The van der Waals surface area contributed by atoms with Gasteiger partial charge in [-0.05, 0) is 24.3 Å². The zero-order valence-corrected chi connectivity index (χ0v) is 13.6. The van der Waals surface area contributed by atoms with Gasteiger partial charge in [0.05, 0.1) is 12.6 Å². The minimum Gasteiger partial charge on any atom is -0.496 e. The highest BCUT2D eigenvalue weighted by Gasteiger charge is 2.19. The zero-order valence-electron chi connectivity index (χ0n) is 12.8. The molecule has 0 spiro atoms. The van der Waals surface area contributed by atoms with Crippen LogP contribution in [0.5, 0.6) is 5.75 Å².